The van der Waals surface area contributed by atoms with Gasteiger partial charge in [0.05, 0.1) is 0 Å². The van der Waals surface area contributed by atoms with E-state index in [0.29, 0.717) is 0 Å². The number of piperazine rings is 1. The fourth-order valence-corrected chi connectivity index (χ4v) is 3.37. The van der Waals surface area contributed by atoms with Gasteiger partial charge in [0.1, 0.15) is 0 Å². The lowest BCUT2D eigenvalue weighted by Crippen LogP contribution is -2.45. The normalized spacial score (nSPS) is 16.0. The summed E-state index contributed by atoms with van der Waals surface area (Å²) in [7, 11) is 1.84. The summed E-state index contributed by atoms with van der Waals surface area (Å²) < 4.78 is 0. The number of hydrogen-bond donors (Lipinski definition) is 2. The van der Waals surface area contributed by atoms with E-state index >= 15 is 0 Å². The van der Waals surface area contributed by atoms with Crippen LogP contribution in [0.25, 0.3) is 0 Å². The van der Waals surface area contributed by atoms with Crippen LogP contribution in [-0.4, -0.2) is 62.1 Å². The number of likely N-dealkylation sites (N-methyl/N-ethyl adjacent to an activating group) is 1. The quantitative estimate of drug-likeness (QED) is 0.243. The monoisotopic (exact) mass is 487 g/mol. The molecule has 6 heteroatoms. The van der Waals surface area contributed by atoms with E-state index in [1.807, 2.05) is 7.05 Å². The summed E-state index contributed by atoms with van der Waals surface area (Å²) in [6.07, 6.45) is 3.70. The summed E-state index contributed by atoms with van der Waals surface area (Å²) in [5.74, 6) is 0.896. The highest BCUT2D eigenvalue weighted by molar-refractivity contribution is 14.0. The van der Waals surface area contributed by atoms with Crippen LogP contribution >= 0.6 is 24.0 Å². The lowest BCUT2D eigenvalue weighted by atomic mass is 10.1. The van der Waals surface area contributed by atoms with E-state index in [1.165, 1.54) is 50.0 Å². The summed E-state index contributed by atoms with van der Waals surface area (Å²) in [5, 5.41) is 6.88. The molecule has 0 amide bonds. The first-order valence-electron chi connectivity index (χ1n) is 10.2. The topological polar surface area (TPSA) is 42.9 Å². The largest absolute Gasteiger partial charge is 0.356 e. The summed E-state index contributed by atoms with van der Waals surface area (Å²) in [6, 6.07) is 8.78. The van der Waals surface area contributed by atoms with Crippen LogP contribution in [0.3, 0.4) is 0 Å². The number of rotatable bonds is 9. The highest BCUT2D eigenvalue weighted by Gasteiger charge is 2.16. The Morgan fingerprint density at radius 2 is 1.63 bits per heavy atom. The van der Waals surface area contributed by atoms with E-state index in [9.17, 15) is 0 Å². The maximum absolute atomic E-state index is 4.34. The van der Waals surface area contributed by atoms with E-state index < -0.39 is 0 Å². The van der Waals surface area contributed by atoms with Crippen molar-refractivity contribution in [3.8, 4) is 0 Å². The predicted molar refractivity (Wildman–Crippen MR) is 127 cm³/mol. The van der Waals surface area contributed by atoms with Gasteiger partial charge < -0.3 is 15.5 Å². The van der Waals surface area contributed by atoms with E-state index in [0.717, 1.165) is 38.7 Å². The third-order valence-corrected chi connectivity index (χ3v) is 5.17. The molecular weight excluding hydrogens is 449 g/mol. The molecule has 27 heavy (non-hydrogen) atoms. The molecule has 0 bridgehead atoms. The number of benzene rings is 1. The van der Waals surface area contributed by atoms with Crippen LogP contribution in [0.15, 0.2) is 29.3 Å². The number of unbranched alkanes of at least 4 members (excludes halogenated alkanes) is 2. The molecule has 0 aliphatic carbocycles. The van der Waals surface area contributed by atoms with Crippen molar-refractivity contribution in [2.45, 2.75) is 46.2 Å². The van der Waals surface area contributed by atoms with Crippen LogP contribution < -0.4 is 10.6 Å². The van der Waals surface area contributed by atoms with Gasteiger partial charge in [-0.05, 0) is 24.1 Å². The van der Waals surface area contributed by atoms with Crippen molar-refractivity contribution in [3.63, 3.8) is 0 Å². The molecule has 0 spiro atoms. The van der Waals surface area contributed by atoms with Gasteiger partial charge in [0.25, 0.3) is 0 Å². The zero-order valence-corrected chi connectivity index (χ0v) is 19.7. The molecule has 1 aromatic carbocycles. The summed E-state index contributed by atoms with van der Waals surface area (Å²) in [4.78, 5) is 9.44. The van der Waals surface area contributed by atoms with Gasteiger partial charge in [-0.1, -0.05) is 51.0 Å². The van der Waals surface area contributed by atoms with Crippen molar-refractivity contribution < 1.29 is 0 Å². The minimum atomic E-state index is 0. The lowest BCUT2D eigenvalue weighted by molar-refractivity contribution is 0.131. The third-order valence-electron chi connectivity index (χ3n) is 5.17. The van der Waals surface area contributed by atoms with Gasteiger partial charge in [0, 0.05) is 52.9 Å². The summed E-state index contributed by atoms with van der Waals surface area (Å²) >= 11 is 0. The number of nitrogens with one attached hydrogen (secondary N) is 2. The predicted octanol–water partition coefficient (Wildman–Crippen LogP) is 3.30. The molecule has 0 saturated carbocycles. The van der Waals surface area contributed by atoms with E-state index in [-0.39, 0.29) is 24.0 Å². The van der Waals surface area contributed by atoms with Gasteiger partial charge in [-0.2, -0.15) is 0 Å². The Hall–Kier alpha value is -0.860. The number of nitrogens with zero attached hydrogens (tertiary/aromatic N) is 3. The first kappa shape index (κ1) is 24.2. The molecule has 1 aliphatic rings. The Balaban J connectivity index is 0.00000364. The molecule has 5 nitrogen and oxygen atoms in total. The van der Waals surface area contributed by atoms with Crippen LogP contribution in [0.2, 0.25) is 0 Å². The minimum Gasteiger partial charge on any atom is -0.356 e. The number of guanidine groups is 1. The average Bonchev–Trinajstić information content (AvgIpc) is 2.69. The minimum absolute atomic E-state index is 0. The zero-order valence-electron chi connectivity index (χ0n) is 17.3. The number of halogens is 1. The Kier molecular flexibility index (Phi) is 12.7. The van der Waals surface area contributed by atoms with Crippen molar-refractivity contribution in [2.24, 2.45) is 4.99 Å². The van der Waals surface area contributed by atoms with E-state index in [1.54, 1.807) is 0 Å². The van der Waals surface area contributed by atoms with E-state index in [4.69, 9.17) is 0 Å². The van der Waals surface area contributed by atoms with Gasteiger partial charge in [-0.3, -0.25) is 9.89 Å². The Bertz CT molecular complexity index is 541. The van der Waals surface area contributed by atoms with Crippen molar-refractivity contribution >= 4 is 29.9 Å². The Labute approximate surface area is 183 Å². The molecule has 1 aliphatic heterocycles. The summed E-state index contributed by atoms with van der Waals surface area (Å²) in [6.45, 7) is 13.2. The van der Waals surface area contributed by atoms with Crippen molar-refractivity contribution in [2.75, 3.05) is 46.3 Å². The molecule has 1 saturated heterocycles. The van der Waals surface area contributed by atoms with Crippen LogP contribution in [0.5, 0.6) is 0 Å². The molecule has 0 aromatic heterocycles. The van der Waals surface area contributed by atoms with Gasteiger partial charge in [0.15, 0.2) is 5.96 Å². The SMILES string of the molecule is CCCCCNC(=NC)NCc1ccccc1CN1CCN(CC)CC1.I. The van der Waals surface area contributed by atoms with Crippen molar-refractivity contribution in [1.29, 1.82) is 0 Å². The molecule has 2 rings (SSSR count). The van der Waals surface area contributed by atoms with Gasteiger partial charge in [-0.25, -0.2) is 0 Å². The highest BCUT2D eigenvalue weighted by atomic mass is 127. The fraction of sp³-hybridized carbons (Fsp3) is 0.667. The number of hydrogen-bond acceptors (Lipinski definition) is 3. The number of aliphatic imine (C=N–C) groups is 1. The van der Waals surface area contributed by atoms with Gasteiger partial charge in [0.2, 0.25) is 0 Å². The molecular formula is C21H38IN5. The molecule has 0 unspecified atom stereocenters. The Morgan fingerprint density at radius 3 is 2.26 bits per heavy atom. The van der Waals surface area contributed by atoms with Gasteiger partial charge in [-0.15, -0.1) is 24.0 Å². The molecule has 2 N–H and O–H groups in total. The Morgan fingerprint density at radius 1 is 0.963 bits per heavy atom. The first-order chi connectivity index (χ1) is 12.8. The molecule has 1 heterocycles. The van der Waals surface area contributed by atoms with Crippen molar-refractivity contribution in [3.05, 3.63) is 35.4 Å². The maximum Gasteiger partial charge on any atom is 0.191 e. The second-order valence-corrected chi connectivity index (χ2v) is 7.04. The summed E-state index contributed by atoms with van der Waals surface area (Å²) in [5.41, 5.74) is 2.79. The molecule has 0 radical (unpaired) electrons. The third kappa shape index (κ3) is 8.79. The van der Waals surface area contributed by atoms with Crippen LogP contribution in [0.1, 0.15) is 44.2 Å². The van der Waals surface area contributed by atoms with Gasteiger partial charge >= 0.3 is 0 Å². The van der Waals surface area contributed by atoms with Crippen LogP contribution in [0.4, 0.5) is 0 Å². The molecule has 1 aromatic rings. The molecule has 1 fully saturated rings. The van der Waals surface area contributed by atoms with E-state index in [2.05, 4.69) is 63.5 Å². The molecule has 0 atom stereocenters. The average molecular weight is 487 g/mol. The lowest BCUT2D eigenvalue weighted by Gasteiger charge is -2.34. The van der Waals surface area contributed by atoms with Crippen molar-refractivity contribution in [1.82, 2.24) is 20.4 Å². The standard InChI is InChI=1S/C21H37N5.HI/c1-4-6-9-12-23-21(22-3)24-17-19-10-7-8-11-20(19)18-26-15-13-25(5-2)14-16-26;/h7-8,10-11H,4-6,9,12-18H2,1-3H3,(H2,22,23,24);1H. The van der Waals surface area contributed by atoms with Crippen LogP contribution in [-0.2, 0) is 13.1 Å². The fourth-order valence-electron chi connectivity index (χ4n) is 3.37. The van der Waals surface area contributed by atoms with Crippen LogP contribution in [0, 0.1) is 0 Å². The maximum atomic E-state index is 4.34. The smallest absolute Gasteiger partial charge is 0.191 e. The zero-order chi connectivity index (χ0) is 18.6. The highest BCUT2D eigenvalue weighted by Crippen LogP contribution is 2.13. The first-order valence-corrected chi connectivity index (χ1v) is 10.2. The second-order valence-electron chi connectivity index (χ2n) is 7.04. The molecule has 154 valence electrons. The second kappa shape index (κ2) is 14.2.